The van der Waals surface area contributed by atoms with Gasteiger partial charge in [-0.05, 0) is 47.1 Å². The van der Waals surface area contributed by atoms with Crippen molar-refractivity contribution in [1.82, 2.24) is 4.98 Å². The quantitative estimate of drug-likeness (QED) is 0.939. The first kappa shape index (κ1) is 12.5. The van der Waals surface area contributed by atoms with Gasteiger partial charge in [-0.15, -0.1) is 11.3 Å². The highest BCUT2D eigenvalue weighted by atomic mass is 79.9. The van der Waals surface area contributed by atoms with Crippen LogP contribution in [0.3, 0.4) is 0 Å². The van der Waals surface area contributed by atoms with Crippen molar-refractivity contribution in [3.8, 4) is 0 Å². The number of aryl methyl sites for hydroxylation is 1. The van der Waals surface area contributed by atoms with Crippen molar-refractivity contribution in [1.29, 1.82) is 0 Å². The standard InChI is InChI=1S/C10H9BrN2O2S2/c1-7-8(3-2-6-12-7)13-17(14,15)10-5-4-9(11)16-10/h2-6,13H,1H3. The maximum absolute atomic E-state index is 12.0. The minimum atomic E-state index is -3.52. The molecule has 2 aromatic heterocycles. The lowest BCUT2D eigenvalue weighted by atomic mass is 10.3. The number of rotatable bonds is 3. The molecule has 90 valence electrons. The fourth-order valence-electron chi connectivity index (χ4n) is 1.23. The van der Waals surface area contributed by atoms with Crippen LogP contribution < -0.4 is 4.72 Å². The van der Waals surface area contributed by atoms with Gasteiger partial charge in [-0.2, -0.15) is 0 Å². The Hall–Kier alpha value is -0.920. The summed E-state index contributed by atoms with van der Waals surface area (Å²) in [7, 11) is -3.52. The summed E-state index contributed by atoms with van der Waals surface area (Å²) in [5.74, 6) is 0. The van der Waals surface area contributed by atoms with Crippen LogP contribution in [0.5, 0.6) is 0 Å². The average Bonchev–Trinajstić information content (AvgIpc) is 2.69. The van der Waals surface area contributed by atoms with Crippen molar-refractivity contribution in [2.75, 3.05) is 4.72 Å². The van der Waals surface area contributed by atoms with E-state index in [2.05, 4.69) is 25.6 Å². The number of aromatic nitrogens is 1. The Morgan fingerprint density at radius 2 is 2.12 bits per heavy atom. The monoisotopic (exact) mass is 332 g/mol. The van der Waals surface area contributed by atoms with Crippen LogP contribution in [0, 0.1) is 6.92 Å². The third kappa shape index (κ3) is 2.85. The molecule has 0 fully saturated rings. The number of sulfonamides is 1. The lowest BCUT2D eigenvalue weighted by Gasteiger charge is -2.07. The van der Waals surface area contributed by atoms with Crippen LogP contribution in [0.1, 0.15) is 5.69 Å². The summed E-state index contributed by atoms with van der Waals surface area (Å²) in [6, 6.07) is 6.63. The molecule has 0 saturated heterocycles. The predicted molar refractivity (Wildman–Crippen MR) is 71.8 cm³/mol. The summed E-state index contributed by atoms with van der Waals surface area (Å²) in [4.78, 5) is 4.03. The summed E-state index contributed by atoms with van der Waals surface area (Å²) < 4.78 is 27.6. The molecule has 7 heteroatoms. The molecule has 0 aromatic carbocycles. The number of nitrogens with zero attached hydrogens (tertiary/aromatic N) is 1. The van der Waals surface area contributed by atoms with E-state index in [4.69, 9.17) is 0 Å². The predicted octanol–water partition coefficient (Wildman–Crippen LogP) is 3.01. The van der Waals surface area contributed by atoms with Crippen LogP contribution in [0.25, 0.3) is 0 Å². The first-order valence-corrected chi connectivity index (χ1v) is 7.78. The lowest BCUT2D eigenvalue weighted by Crippen LogP contribution is -2.12. The molecule has 0 aliphatic rings. The van der Waals surface area contributed by atoms with E-state index in [1.54, 1.807) is 37.4 Å². The molecule has 2 rings (SSSR count). The van der Waals surface area contributed by atoms with Gasteiger partial charge in [0.15, 0.2) is 0 Å². The van der Waals surface area contributed by atoms with Gasteiger partial charge in [-0.1, -0.05) is 0 Å². The molecule has 0 aliphatic heterocycles. The van der Waals surface area contributed by atoms with E-state index in [-0.39, 0.29) is 4.21 Å². The van der Waals surface area contributed by atoms with E-state index in [9.17, 15) is 8.42 Å². The van der Waals surface area contributed by atoms with E-state index >= 15 is 0 Å². The zero-order valence-electron chi connectivity index (χ0n) is 8.84. The highest BCUT2D eigenvalue weighted by Crippen LogP contribution is 2.27. The summed E-state index contributed by atoms with van der Waals surface area (Å²) in [6.07, 6.45) is 1.62. The van der Waals surface area contributed by atoms with Crippen LogP contribution in [0.4, 0.5) is 5.69 Å². The Balaban J connectivity index is 2.33. The van der Waals surface area contributed by atoms with Gasteiger partial charge in [0.05, 0.1) is 15.2 Å². The smallest absolute Gasteiger partial charge is 0.271 e. The summed E-state index contributed by atoms with van der Waals surface area (Å²) in [5, 5.41) is 0. The van der Waals surface area contributed by atoms with E-state index < -0.39 is 10.0 Å². The number of halogens is 1. The SMILES string of the molecule is Cc1ncccc1NS(=O)(=O)c1ccc(Br)s1. The van der Waals surface area contributed by atoms with Crippen molar-refractivity contribution >= 4 is 43.0 Å². The molecule has 2 heterocycles. The third-order valence-electron chi connectivity index (χ3n) is 2.06. The van der Waals surface area contributed by atoms with E-state index in [0.717, 1.165) is 3.79 Å². The molecule has 0 bridgehead atoms. The van der Waals surface area contributed by atoms with Gasteiger partial charge in [0.25, 0.3) is 10.0 Å². The van der Waals surface area contributed by atoms with Crippen LogP contribution in [-0.4, -0.2) is 13.4 Å². The van der Waals surface area contributed by atoms with Gasteiger partial charge in [0.1, 0.15) is 4.21 Å². The number of nitrogens with one attached hydrogen (secondary N) is 1. The van der Waals surface area contributed by atoms with Crippen molar-refractivity contribution in [3.63, 3.8) is 0 Å². The molecule has 0 unspecified atom stereocenters. The number of hydrogen-bond acceptors (Lipinski definition) is 4. The molecule has 0 amide bonds. The zero-order chi connectivity index (χ0) is 12.5. The molecule has 1 N–H and O–H groups in total. The van der Waals surface area contributed by atoms with Crippen LogP contribution in [0.15, 0.2) is 38.5 Å². The number of pyridine rings is 1. The van der Waals surface area contributed by atoms with E-state index in [0.29, 0.717) is 11.4 Å². The molecular weight excluding hydrogens is 324 g/mol. The first-order valence-electron chi connectivity index (χ1n) is 4.69. The molecule has 0 atom stereocenters. The Bertz CT molecular complexity index is 637. The summed E-state index contributed by atoms with van der Waals surface area (Å²) in [5.41, 5.74) is 1.14. The van der Waals surface area contributed by atoms with Gasteiger partial charge >= 0.3 is 0 Å². The molecule has 4 nitrogen and oxygen atoms in total. The average molecular weight is 333 g/mol. The fourth-order valence-corrected chi connectivity index (χ4v) is 4.36. The van der Waals surface area contributed by atoms with E-state index in [1.807, 2.05) is 0 Å². The summed E-state index contributed by atoms with van der Waals surface area (Å²) >= 11 is 4.40. The van der Waals surface area contributed by atoms with Gasteiger partial charge in [0, 0.05) is 6.20 Å². The minimum absolute atomic E-state index is 0.271. The second-order valence-corrected chi connectivity index (χ2v) is 7.67. The molecule has 2 aromatic rings. The van der Waals surface area contributed by atoms with Crippen molar-refractivity contribution in [2.24, 2.45) is 0 Å². The third-order valence-corrected chi connectivity index (χ3v) is 5.55. The zero-order valence-corrected chi connectivity index (χ0v) is 12.1. The Morgan fingerprint density at radius 1 is 1.35 bits per heavy atom. The second-order valence-electron chi connectivity index (χ2n) is 3.30. The number of anilines is 1. The van der Waals surface area contributed by atoms with Crippen molar-refractivity contribution in [2.45, 2.75) is 11.1 Å². The van der Waals surface area contributed by atoms with Gasteiger partial charge in [-0.3, -0.25) is 9.71 Å². The lowest BCUT2D eigenvalue weighted by molar-refractivity contribution is 0.603. The Morgan fingerprint density at radius 3 is 2.71 bits per heavy atom. The van der Waals surface area contributed by atoms with Gasteiger partial charge in [-0.25, -0.2) is 8.42 Å². The molecule has 0 aliphatic carbocycles. The van der Waals surface area contributed by atoms with Crippen molar-refractivity contribution in [3.05, 3.63) is 39.9 Å². The molecule has 17 heavy (non-hydrogen) atoms. The van der Waals surface area contributed by atoms with Crippen LogP contribution >= 0.6 is 27.3 Å². The summed E-state index contributed by atoms with van der Waals surface area (Å²) in [6.45, 7) is 1.75. The molecule has 0 spiro atoms. The van der Waals surface area contributed by atoms with Gasteiger partial charge in [0.2, 0.25) is 0 Å². The van der Waals surface area contributed by atoms with Crippen LogP contribution in [0.2, 0.25) is 0 Å². The number of hydrogen-bond donors (Lipinski definition) is 1. The maximum atomic E-state index is 12.0. The number of thiophene rings is 1. The first-order chi connectivity index (χ1) is 7.99. The maximum Gasteiger partial charge on any atom is 0.271 e. The van der Waals surface area contributed by atoms with E-state index in [1.165, 1.54) is 11.3 Å². The normalized spacial score (nSPS) is 11.4. The second kappa shape index (κ2) is 4.75. The molecular formula is C10H9BrN2O2S2. The minimum Gasteiger partial charge on any atom is -0.277 e. The topological polar surface area (TPSA) is 59.1 Å². The molecule has 0 saturated carbocycles. The Labute approximate surface area is 112 Å². The highest BCUT2D eigenvalue weighted by Gasteiger charge is 2.17. The van der Waals surface area contributed by atoms with Gasteiger partial charge < -0.3 is 0 Å². The van der Waals surface area contributed by atoms with Crippen LogP contribution in [-0.2, 0) is 10.0 Å². The molecule has 0 radical (unpaired) electrons. The fraction of sp³-hybridized carbons (Fsp3) is 0.100. The largest absolute Gasteiger partial charge is 0.277 e. The Kier molecular flexibility index (Phi) is 3.50. The highest BCUT2D eigenvalue weighted by molar-refractivity contribution is 9.11. The van der Waals surface area contributed by atoms with Crippen molar-refractivity contribution < 1.29 is 8.42 Å².